The van der Waals surface area contributed by atoms with Gasteiger partial charge in [0.25, 0.3) is 5.91 Å². The SMILES string of the molecule is C=CCN1C(=O)c2[nH]nc(-c3cc(C)cc(C)c3O)c2C1c1ccc(OCc2ccccc2)c(OCC)c1. The Morgan fingerprint density at radius 3 is 2.61 bits per heavy atom. The number of nitrogens with one attached hydrogen (secondary N) is 1. The lowest BCUT2D eigenvalue weighted by atomic mass is 9.94. The van der Waals surface area contributed by atoms with Crippen LogP contribution in [0.1, 0.15) is 51.3 Å². The van der Waals surface area contributed by atoms with Crippen molar-refractivity contribution in [3.63, 3.8) is 0 Å². The molecule has 0 spiro atoms. The third kappa shape index (κ3) is 4.52. The van der Waals surface area contributed by atoms with Gasteiger partial charge in [0.1, 0.15) is 23.7 Å². The van der Waals surface area contributed by atoms with Crippen LogP contribution in [0, 0.1) is 13.8 Å². The van der Waals surface area contributed by atoms with E-state index in [1.165, 1.54) is 0 Å². The van der Waals surface area contributed by atoms with Gasteiger partial charge >= 0.3 is 0 Å². The first-order valence-electron chi connectivity index (χ1n) is 12.7. The molecule has 1 atom stereocenters. The van der Waals surface area contributed by atoms with Crippen LogP contribution in [0.4, 0.5) is 0 Å². The summed E-state index contributed by atoms with van der Waals surface area (Å²) in [4.78, 5) is 15.2. The third-order valence-corrected chi connectivity index (χ3v) is 6.71. The maximum atomic E-state index is 13.5. The first-order valence-corrected chi connectivity index (χ1v) is 12.7. The minimum absolute atomic E-state index is 0.151. The van der Waals surface area contributed by atoms with Gasteiger partial charge in [0.2, 0.25) is 0 Å². The van der Waals surface area contributed by atoms with Crippen molar-refractivity contribution >= 4 is 5.91 Å². The molecule has 194 valence electrons. The molecule has 2 N–H and O–H groups in total. The molecule has 2 heterocycles. The average molecular weight is 510 g/mol. The number of rotatable bonds is 9. The Kier molecular flexibility index (Phi) is 6.92. The normalized spacial score (nSPS) is 14.4. The number of H-pyrrole nitrogens is 1. The van der Waals surface area contributed by atoms with Gasteiger partial charge in [0, 0.05) is 17.7 Å². The number of phenols is 1. The summed E-state index contributed by atoms with van der Waals surface area (Å²) in [7, 11) is 0. The second-order valence-electron chi connectivity index (χ2n) is 9.40. The number of fused-ring (bicyclic) bond motifs is 1. The standard InChI is InChI=1S/C31H31N3O4/c1-5-14-34-29(22-12-13-24(25(17-22)37-6-2)38-18-21-10-8-7-9-11-21)26-27(32-33-28(26)31(34)36)23-16-19(3)15-20(4)30(23)35/h5,7-13,15-17,29,35H,1,6,14,18H2,2-4H3,(H,32,33). The van der Waals surface area contributed by atoms with Crippen LogP contribution in [0.5, 0.6) is 17.2 Å². The molecule has 5 rings (SSSR count). The largest absolute Gasteiger partial charge is 0.507 e. The third-order valence-electron chi connectivity index (χ3n) is 6.71. The van der Waals surface area contributed by atoms with Gasteiger partial charge in [-0.25, -0.2) is 0 Å². The fourth-order valence-corrected chi connectivity index (χ4v) is 5.03. The van der Waals surface area contributed by atoms with E-state index < -0.39 is 6.04 Å². The van der Waals surface area contributed by atoms with E-state index in [9.17, 15) is 9.90 Å². The number of amides is 1. The Bertz CT molecular complexity index is 1490. The number of carbonyl (C=O) groups excluding carboxylic acids is 1. The number of aromatic amines is 1. The van der Waals surface area contributed by atoms with Crippen molar-refractivity contribution < 1.29 is 19.4 Å². The van der Waals surface area contributed by atoms with Crippen molar-refractivity contribution in [2.45, 2.75) is 33.4 Å². The van der Waals surface area contributed by atoms with Crippen LogP contribution in [0.15, 0.2) is 73.3 Å². The molecule has 0 fully saturated rings. The number of nitrogens with zero attached hydrogens (tertiary/aromatic N) is 2. The molecule has 1 aliphatic rings. The van der Waals surface area contributed by atoms with Crippen LogP contribution in [-0.2, 0) is 6.61 Å². The number of hydrogen-bond acceptors (Lipinski definition) is 5. The number of aryl methyl sites for hydroxylation is 2. The Morgan fingerprint density at radius 1 is 1.08 bits per heavy atom. The van der Waals surface area contributed by atoms with E-state index in [1.807, 2.05) is 81.4 Å². The number of hydrogen-bond donors (Lipinski definition) is 2. The predicted molar refractivity (Wildman–Crippen MR) is 147 cm³/mol. The lowest BCUT2D eigenvalue weighted by Crippen LogP contribution is -2.29. The molecule has 38 heavy (non-hydrogen) atoms. The Balaban J connectivity index is 1.59. The summed E-state index contributed by atoms with van der Waals surface area (Å²) < 4.78 is 12.1. The fraction of sp³-hybridized carbons (Fsp3) is 0.226. The van der Waals surface area contributed by atoms with Gasteiger partial charge in [-0.3, -0.25) is 9.89 Å². The van der Waals surface area contributed by atoms with Crippen LogP contribution in [0.3, 0.4) is 0 Å². The Labute approximate surface area is 222 Å². The summed E-state index contributed by atoms with van der Waals surface area (Å²) in [6.45, 7) is 10.8. The maximum Gasteiger partial charge on any atom is 0.273 e. The number of ether oxygens (including phenoxy) is 2. The number of aromatic hydroxyl groups is 1. The molecular formula is C31H31N3O4. The molecule has 0 bridgehead atoms. The summed E-state index contributed by atoms with van der Waals surface area (Å²) in [6, 6.07) is 19.1. The Morgan fingerprint density at radius 2 is 1.87 bits per heavy atom. The van der Waals surface area contributed by atoms with E-state index in [-0.39, 0.29) is 11.7 Å². The second kappa shape index (κ2) is 10.5. The second-order valence-corrected chi connectivity index (χ2v) is 9.40. The highest BCUT2D eigenvalue weighted by Crippen LogP contribution is 2.46. The number of benzene rings is 3. The van der Waals surface area contributed by atoms with E-state index in [0.717, 1.165) is 27.8 Å². The highest BCUT2D eigenvalue weighted by Gasteiger charge is 2.42. The first-order chi connectivity index (χ1) is 18.4. The van der Waals surface area contributed by atoms with Crippen molar-refractivity contribution in [2.75, 3.05) is 13.2 Å². The van der Waals surface area contributed by atoms with Gasteiger partial charge in [0.15, 0.2) is 11.5 Å². The minimum Gasteiger partial charge on any atom is -0.507 e. The lowest BCUT2D eigenvalue weighted by Gasteiger charge is -2.26. The van der Waals surface area contributed by atoms with Crippen LogP contribution in [0.25, 0.3) is 11.3 Å². The first kappa shape index (κ1) is 25.1. The van der Waals surface area contributed by atoms with Crippen molar-refractivity contribution in [1.82, 2.24) is 15.1 Å². The predicted octanol–water partition coefficient (Wildman–Crippen LogP) is 6.11. The molecular weight excluding hydrogens is 478 g/mol. The van der Waals surface area contributed by atoms with Gasteiger partial charge in [-0.15, -0.1) is 6.58 Å². The number of aromatic nitrogens is 2. The van der Waals surface area contributed by atoms with E-state index in [0.29, 0.717) is 48.2 Å². The van der Waals surface area contributed by atoms with E-state index >= 15 is 0 Å². The molecule has 7 nitrogen and oxygen atoms in total. The molecule has 7 heteroatoms. The highest BCUT2D eigenvalue weighted by molar-refractivity contribution is 6.00. The maximum absolute atomic E-state index is 13.5. The van der Waals surface area contributed by atoms with E-state index in [1.54, 1.807) is 11.0 Å². The smallest absolute Gasteiger partial charge is 0.273 e. The molecule has 0 radical (unpaired) electrons. The molecule has 3 aromatic carbocycles. The van der Waals surface area contributed by atoms with Crippen molar-refractivity contribution in [3.05, 3.63) is 107 Å². The lowest BCUT2D eigenvalue weighted by molar-refractivity contribution is 0.0764. The molecule has 4 aromatic rings. The molecule has 1 amide bonds. The summed E-state index contributed by atoms with van der Waals surface area (Å²) in [6.07, 6.45) is 1.71. The molecule has 1 aromatic heterocycles. The van der Waals surface area contributed by atoms with Gasteiger partial charge in [-0.1, -0.05) is 48.5 Å². The van der Waals surface area contributed by atoms with Crippen molar-refractivity contribution in [3.8, 4) is 28.5 Å². The van der Waals surface area contributed by atoms with Gasteiger partial charge in [0.05, 0.1) is 12.6 Å². The number of carbonyl (C=O) groups is 1. The molecule has 0 saturated heterocycles. The van der Waals surface area contributed by atoms with Crippen LogP contribution in [-0.4, -0.2) is 39.3 Å². The minimum atomic E-state index is -0.452. The Hall–Kier alpha value is -4.52. The topological polar surface area (TPSA) is 87.7 Å². The van der Waals surface area contributed by atoms with Crippen LogP contribution in [0.2, 0.25) is 0 Å². The summed E-state index contributed by atoms with van der Waals surface area (Å²) in [5.74, 6) is 1.20. The van der Waals surface area contributed by atoms with Crippen molar-refractivity contribution in [1.29, 1.82) is 0 Å². The molecule has 0 saturated carbocycles. The summed E-state index contributed by atoms with van der Waals surface area (Å²) >= 11 is 0. The van der Waals surface area contributed by atoms with Crippen LogP contribution < -0.4 is 9.47 Å². The fourth-order valence-electron chi connectivity index (χ4n) is 5.03. The monoisotopic (exact) mass is 509 g/mol. The zero-order valence-electron chi connectivity index (χ0n) is 21.8. The van der Waals surface area contributed by atoms with Crippen molar-refractivity contribution in [2.24, 2.45) is 0 Å². The summed E-state index contributed by atoms with van der Waals surface area (Å²) in [5.41, 5.74) is 5.92. The zero-order chi connectivity index (χ0) is 26.8. The van der Waals surface area contributed by atoms with E-state index in [2.05, 4.69) is 16.8 Å². The van der Waals surface area contributed by atoms with Gasteiger partial charge in [-0.2, -0.15) is 5.10 Å². The van der Waals surface area contributed by atoms with Gasteiger partial charge in [-0.05, 0) is 61.2 Å². The highest BCUT2D eigenvalue weighted by atomic mass is 16.5. The average Bonchev–Trinajstić information content (AvgIpc) is 3.45. The molecule has 0 aliphatic carbocycles. The summed E-state index contributed by atoms with van der Waals surface area (Å²) in [5, 5.41) is 18.3. The zero-order valence-corrected chi connectivity index (χ0v) is 21.8. The van der Waals surface area contributed by atoms with Gasteiger partial charge < -0.3 is 19.5 Å². The quantitative estimate of drug-likeness (QED) is 0.266. The number of phenolic OH excluding ortho intramolecular Hbond substituents is 1. The molecule has 1 aliphatic heterocycles. The molecule has 1 unspecified atom stereocenters. The van der Waals surface area contributed by atoms with Crippen LogP contribution >= 0.6 is 0 Å². The van der Waals surface area contributed by atoms with E-state index in [4.69, 9.17) is 9.47 Å².